The molecule has 1 spiro atoms. The fourth-order valence-electron chi connectivity index (χ4n) is 4.41. The number of halogens is 3. The summed E-state index contributed by atoms with van der Waals surface area (Å²) in [6.07, 6.45) is 1.98. The molecule has 1 aromatic carbocycles. The third-order valence-electron chi connectivity index (χ3n) is 6.41. The number of pyridine rings is 1. The molecule has 8 nitrogen and oxygen atoms in total. The summed E-state index contributed by atoms with van der Waals surface area (Å²) < 4.78 is 61.9. The van der Waals surface area contributed by atoms with Gasteiger partial charge in [-0.1, -0.05) is 6.92 Å². The molecule has 182 valence electrons. The van der Waals surface area contributed by atoms with Crippen molar-refractivity contribution in [3.63, 3.8) is 0 Å². The summed E-state index contributed by atoms with van der Waals surface area (Å²) in [5.74, 6) is 0.00731. The van der Waals surface area contributed by atoms with E-state index in [2.05, 4.69) is 4.98 Å². The Hall–Kier alpha value is -3.15. The lowest BCUT2D eigenvalue weighted by Crippen LogP contribution is -2.39. The van der Waals surface area contributed by atoms with Gasteiger partial charge in [-0.25, -0.2) is 23.1 Å². The number of carbonyl (C=O) groups excluding carboxylic acids is 2. The van der Waals surface area contributed by atoms with E-state index in [9.17, 15) is 31.2 Å². The van der Waals surface area contributed by atoms with Gasteiger partial charge >= 0.3 is 11.5 Å². The van der Waals surface area contributed by atoms with Crippen LogP contribution in [0.3, 0.4) is 0 Å². The average molecular weight is 497 g/mol. The second-order valence-electron chi connectivity index (χ2n) is 8.28. The molecule has 34 heavy (non-hydrogen) atoms. The van der Waals surface area contributed by atoms with Gasteiger partial charge in [-0.3, -0.25) is 9.69 Å². The highest BCUT2D eigenvalue weighted by Gasteiger charge is 2.70. The van der Waals surface area contributed by atoms with Gasteiger partial charge in [0, 0.05) is 25.4 Å². The highest BCUT2D eigenvalue weighted by molar-refractivity contribution is 7.92. The third kappa shape index (κ3) is 3.42. The number of carbonyl (C=O) groups is 2. The zero-order chi connectivity index (χ0) is 25.1. The Balaban J connectivity index is 1.73. The first-order chi connectivity index (χ1) is 15.9. The molecule has 1 saturated carbocycles. The number of hydrogen-bond acceptors (Lipinski definition) is 6. The van der Waals surface area contributed by atoms with Gasteiger partial charge < -0.3 is 4.90 Å². The van der Waals surface area contributed by atoms with Crippen LogP contribution >= 0.6 is 0 Å². The predicted molar refractivity (Wildman–Crippen MR) is 119 cm³/mol. The molecule has 2 aliphatic rings. The molecule has 2 fully saturated rings. The van der Waals surface area contributed by atoms with E-state index < -0.39 is 37.7 Å². The predicted octanol–water partition coefficient (Wildman–Crippen LogP) is 3.97. The second kappa shape index (κ2) is 7.97. The van der Waals surface area contributed by atoms with Crippen LogP contribution in [0, 0.1) is 5.92 Å². The molecule has 2 aromatic rings. The van der Waals surface area contributed by atoms with E-state index in [1.54, 1.807) is 18.3 Å². The molecule has 1 saturated heterocycles. The zero-order valence-corrected chi connectivity index (χ0v) is 19.5. The van der Waals surface area contributed by atoms with Crippen LogP contribution in [0.5, 0.6) is 0 Å². The van der Waals surface area contributed by atoms with Gasteiger partial charge in [-0.05, 0) is 56.5 Å². The molecule has 2 heterocycles. The fourth-order valence-corrected chi connectivity index (χ4v) is 5.17. The number of urea groups is 1. The Labute approximate surface area is 194 Å². The summed E-state index contributed by atoms with van der Waals surface area (Å²) >= 11 is 0. The summed E-state index contributed by atoms with van der Waals surface area (Å²) in [7, 11) is -5.55. The Morgan fingerprint density at radius 3 is 2.18 bits per heavy atom. The van der Waals surface area contributed by atoms with Crippen molar-refractivity contribution in [3.05, 3.63) is 42.6 Å². The van der Waals surface area contributed by atoms with Crippen molar-refractivity contribution in [3.8, 4) is 0 Å². The summed E-state index contributed by atoms with van der Waals surface area (Å²) in [5.41, 5.74) is -6.08. The smallest absolute Gasteiger partial charge is 0.357 e. The quantitative estimate of drug-likeness (QED) is 0.562. The first kappa shape index (κ1) is 24.0. The highest BCUT2D eigenvalue weighted by Crippen LogP contribution is 2.55. The van der Waals surface area contributed by atoms with Crippen LogP contribution in [0.4, 0.5) is 35.2 Å². The number of nitrogens with zero attached hydrogens (tertiary/aromatic N) is 4. The molecule has 3 amide bonds. The van der Waals surface area contributed by atoms with Crippen molar-refractivity contribution in [1.82, 2.24) is 4.98 Å². The first-order valence-electron chi connectivity index (χ1n) is 10.7. The Morgan fingerprint density at radius 2 is 1.68 bits per heavy atom. The summed E-state index contributed by atoms with van der Waals surface area (Å²) in [6, 6.07) is 6.27. The molecular weight excluding hydrogens is 473 g/mol. The van der Waals surface area contributed by atoms with Gasteiger partial charge in [0.05, 0.1) is 16.3 Å². The van der Waals surface area contributed by atoms with E-state index >= 15 is 0 Å². The molecule has 1 aromatic heterocycles. The summed E-state index contributed by atoms with van der Waals surface area (Å²) in [4.78, 5) is 34.6. The maximum Gasteiger partial charge on any atom is 0.501 e. The maximum atomic E-state index is 13.5. The van der Waals surface area contributed by atoms with Crippen molar-refractivity contribution in [2.24, 2.45) is 5.92 Å². The fraction of sp³-hybridized carbons (Fsp3) is 0.409. The van der Waals surface area contributed by atoms with Gasteiger partial charge in [-0.2, -0.15) is 13.2 Å². The van der Waals surface area contributed by atoms with Gasteiger partial charge in [0.25, 0.3) is 15.7 Å². The lowest BCUT2D eigenvalue weighted by Gasteiger charge is -2.25. The number of imide groups is 1. The van der Waals surface area contributed by atoms with Crippen LogP contribution in [-0.4, -0.2) is 49.5 Å². The van der Waals surface area contributed by atoms with Crippen LogP contribution in [0.25, 0.3) is 0 Å². The molecule has 2 atom stereocenters. The summed E-state index contributed by atoms with van der Waals surface area (Å²) in [6.45, 7) is 7.17. The van der Waals surface area contributed by atoms with E-state index in [0.717, 1.165) is 29.2 Å². The van der Waals surface area contributed by atoms with Crippen LogP contribution in [-0.2, 0) is 14.6 Å². The Kier molecular flexibility index (Phi) is 5.62. The van der Waals surface area contributed by atoms with Crippen LogP contribution < -0.4 is 14.7 Å². The van der Waals surface area contributed by atoms with Crippen molar-refractivity contribution in [2.45, 2.75) is 43.1 Å². The number of hydrogen-bond donors (Lipinski definition) is 0. The molecule has 0 N–H and O–H groups in total. The van der Waals surface area contributed by atoms with Crippen LogP contribution in [0.2, 0.25) is 0 Å². The number of anilines is 3. The Bertz CT molecular complexity index is 1250. The second-order valence-corrected chi connectivity index (χ2v) is 10.2. The van der Waals surface area contributed by atoms with E-state index in [0.29, 0.717) is 31.0 Å². The molecule has 2 unspecified atom stereocenters. The van der Waals surface area contributed by atoms with Crippen molar-refractivity contribution < 1.29 is 31.2 Å². The number of aromatic nitrogens is 1. The van der Waals surface area contributed by atoms with Gasteiger partial charge in [0.15, 0.2) is 0 Å². The van der Waals surface area contributed by atoms with Crippen LogP contribution in [0.15, 0.2) is 47.5 Å². The molecule has 12 heteroatoms. The largest absolute Gasteiger partial charge is 0.501 e. The normalized spacial score (nSPS) is 22.6. The van der Waals surface area contributed by atoms with Crippen molar-refractivity contribution in [1.29, 1.82) is 0 Å². The molecule has 4 rings (SSSR count). The minimum atomic E-state index is -5.55. The Morgan fingerprint density at radius 1 is 1.09 bits per heavy atom. The summed E-state index contributed by atoms with van der Waals surface area (Å²) in [5, 5.41) is 0. The van der Waals surface area contributed by atoms with E-state index in [1.165, 1.54) is 4.90 Å². The van der Waals surface area contributed by atoms with E-state index in [-0.39, 0.29) is 11.6 Å². The minimum absolute atomic E-state index is 0.00452. The third-order valence-corrected chi connectivity index (χ3v) is 7.91. The number of alkyl halides is 3. The lowest BCUT2D eigenvalue weighted by atomic mass is 10.1. The van der Waals surface area contributed by atoms with Crippen molar-refractivity contribution >= 4 is 39.0 Å². The molecule has 0 radical (unpaired) electrons. The van der Waals surface area contributed by atoms with Gasteiger partial charge in [0.2, 0.25) is 0 Å². The van der Waals surface area contributed by atoms with Crippen molar-refractivity contribution in [2.75, 3.05) is 27.8 Å². The molecular formula is C22H23F3N4O4S. The van der Waals surface area contributed by atoms with Gasteiger partial charge in [-0.15, -0.1) is 0 Å². The monoisotopic (exact) mass is 496 g/mol. The number of sulfone groups is 1. The zero-order valence-electron chi connectivity index (χ0n) is 18.7. The lowest BCUT2D eigenvalue weighted by molar-refractivity contribution is -0.119. The first-order valence-corrected chi connectivity index (χ1v) is 12.2. The molecule has 1 aliphatic heterocycles. The highest BCUT2D eigenvalue weighted by atomic mass is 32.2. The van der Waals surface area contributed by atoms with Gasteiger partial charge in [0.1, 0.15) is 11.4 Å². The topological polar surface area (TPSA) is 90.9 Å². The standard InChI is InChI=1S/C22H23F3N4O4S/c1-4-27(5-2)18-12-16(10-11-26-18)29-20(31)28(19(30)21(29)13-14(21)3)15-6-8-17(9-7-15)34(32,33)22(23,24)25/h6-12,14H,4-5,13H2,1-3H3. The SMILES string of the molecule is CCN(CC)c1cc(N2C(=O)N(c3ccc(S(=O)(=O)C(F)(F)F)cc3)C(=O)C23CC3C)ccn1. The van der Waals surface area contributed by atoms with Crippen LogP contribution in [0.1, 0.15) is 27.2 Å². The number of amides is 3. The molecule has 0 bridgehead atoms. The minimum Gasteiger partial charge on any atom is -0.357 e. The number of benzene rings is 1. The van der Waals surface area contributed by atoms with E-state index in [1.807, 2.05) is 25.7 Å². The average Bonchev–Trinajstić information content (AvgIpc) is 3.39. The maximum absolute atomic E-state index is 13.5. The van der Waals surface area contributed by atoms with E-state index in [4.69, 9.17) is 0 Å². The number of rotatable bonds is 6. The molecule has 1 aliphatic carbocycles.